The summed E-state index contributed by atoms with van der Waals surface area (Å²) in [7, 11) is 0. The Morgan fingerprint density at radius 2 is 1.58 bits per heavy atom. The molecule has 0 aliphatic heterocycles. The molecule has 0 radical (unpaired) electrons. The molecule has 1 rings (SSSR count). The molecule has 0 saturated heterocycles. The lowest BCUT2D eigenvalue weighted by molar-refractivity contribution is -0.148. The lowest BCUT2D eigenvalue weighted by Crippen LogP contribution is -2.27. The van der Waals surface area contributed by atoms with Crippen LogP contribution < -0.4 is 5.73 Å². The average Bonchev–Trinajstić information content (AvgIpc) is 2.45. The van der Waals surface area contributed by atoms with E-state index >= 15 is 0 Å². The predicted molar refractivity (Wildman–Crippen MR) is 107 cm³/mol. The summed E-state index contributed by atoms with van der Waals surface area (Å²) in [5.41, 5.74) is 5.59. The van der Waals surface area contributed by atoms with Crippen LogP contribution in [0.1, 0.15) is 66.9 Å². The Bertz CT molecular complexity index is 492. The van der Waals surface area contributed by atoms with Crippen molar-refractivity contribution in [2.45, 2.75) is 79.9 Å². The van der Waals surface area contributed by atoms with E-state index < -0.39 is 11.7 Å². The summed E-state index contributed by atoms with van der Waals surface area (Å²) < 4.78 is 9.65. The zero-order valence-electron chi connectivity index (χ0n) is 17.7. The van der Waals surface area contributed by atoms with Gasteiger partial charge in [-0.2, -0.15) is 0 Å². The van der Waals surface area contributed by atoms with Crippen LogP contribution in [0.15, 0.2) is 30.3 Å². The van der Waals surface area contributed by atoms with Gasteiger partial charge in [-0.15, -0.1) is 0 Å². The highest BCUT2D eigenvalue weighted by Crippen LogP contribution is 2.08. The highest BCUT2D eigenvalue weighted by Gasteiger charge is 2.12. The molecule has 0 bridgehead atoms. The smallest absolute Gasteiger partial charge is 0.405 e. The lowest BCUT2D eigenvalue weighted by Gasteiger charge is -2.16. The summed E-state index contributed by atoms with van der Waals surface area (Å²) in [4.78, 5) is 20.8. The number of carbonyl (C=O) groups excluding carboxylic acids is 2. The second-order valence-electron chi connectivity index (χ2n) is 7.47. The van der Waals surface area contributed by atoms with Crippen molar-refractivity contribution in [3.8, 4) is 0 Å². The second-order valence-corrected chi connectivity index (χ2v) is 7.47. The molecule has 0 aliphatic rings. The van der Waals surface area contributed by atoms with Crippen LogP contribution in [0.2, 0.25) is 0 Å². The van der Waals surface area contributed by atoms with Gasteiger partial charge in [-0.1, -0.05) is 56.7 Å². The van der Waals surface area contributed by atoms with Crippen LogP contribution in [0.4, 0.5) is 4.79 Å². The fourth-order valence-electron chi connectivity index (χ4n) is 1.86. The Kier molecular flexibility index (Phi) is 14.3. The van der Waals surface area contributed by atoms with E-state index in [-0.39, 0.29) is 12.1 Å². The van der Waals surface area contributed by atoms with E-state index in [2.05, 4.69) is 37.6 Å². The Hall–Kier alpha value is -2.04. The summed E-state index contributed by atoms with van der Waals surface area (Å²) in [6, 6.07) is 10.3. The van der Waals surface area contributed by atoms with Crippen molar-refractivity contribution in [1.29, 1.82) is 0 Å². The van der Waals surface area contributed by atoms with Crippen LogP contribution in [-0.2, 0) is 14.3 Å². The van der Waals surface area contributed by atoms with E-state index in [9.17, 15) is 9.59 Å². The van der Waals surface area contributed by atoms with Gasteiger partial charge in [0.25, 0.3) is 0 Å². The number of nitrogens with two attached hydrogens (primary N) is 1. The van der Waals surface area contributed by atoms with Gasteiger partial charge in [-0.25, -0.2) is 4.79 Å². The zero-order valence-corrected chi connectivity index (χ0v) is 17.7. The van der Waals surface area contributed by atoms with E-state index in [1.54, 1.807) is 20.8 Å². The summed E-state index contributed by atoms with van der Waals surface area (Å²) in [5.74, 6) is 0.493. The number of carbonyl (C=O) groups is 2. The molecule has 2 N–H and O–H groups in total. The maximum atomic E-state index is 10.8. The standard InChI is InChI=1S/C9H18O2.C7H8.C5H11NO2/c1-5-9(10)11-8(4)6-7(2)3;1-7-5-3-2-4-6-7;1-5(2,3)8-4(6)7/h7-8H,5-6H2,1-4H3;2-6H,1H3;1-3H3,(H2,6,7). The average molecular weight is 368 g/mol. The minimum atomic E-state index is -0.725. The summed E-state index contributed by atoms with van der Waals surface area (Å²) in [6.45, 7) is 15.4. The van der Waals surface area contributed by atoms with Crippen molar-refractivity contribution < 1.29 is 19.1 Å². The molecule has 0 spiro atoms. The lowest BCUT2D eigenvalue weighted by atomic mass is 10.1. The van der Waals surface area contributed by atoms with E-state index in [1.807, 2.05) is 32.0 Å². The summed E-state index contributed by atoms with van der Waals surface area (Å²) >= 11 is 0. The first-order chi connectivity index (χ1) is 11.9. The topological polar surface area (TPSA) is 78.6 Å². The van der Waals surface area contributed by atoms with Gasteiger partial charge in [0.15, 0.2) is 0 Å². The molecular formula is C21H37NO4. The molecule has 1 aromatic rings. The van der Waals surface area contributed by atoms with Gasteiger partial charge < -0.3 is 15.2 Å². The third-order valence-electron chi connectivity index (χ3n) is 2.77. The monoisotopic (exact) mass is 367 g/mol. The van der Waals surface area contributed by atoms with Gasteiger partial charge in [0, 0.05) is 6.42 Å². The van der Waals surface area contributed by atoms with Crippen LogP contribution in [0.5, 0.6) is 0 Å². The Labute approximate surface area is 159 Å². The predicted octanol–water partition coefficient (Wildman–Crippen LogP) is 5.25. The van der Waals surface area contributed by atoms with E-state index in [1.165, 1.54) is 5.56 Å². The van der Waals surface area contributed by atoms with Gasteiger partial charge >= 0.3 is 12.1 Å². The van der Waals surface area contributed by atoms with Gasteiger partial charge in [0.05, 0.1) is 6.10 Å². The van der Waals surface area contributed by atoms with Crippen LogP contribution in [0.3, 0.4) is 0 Å². The fraction of sp³-hybridized carbons (Fsp3) is 0.619. The molecule has 5 heteroatoms. The fourth-order valence-corrected chi connectivity index (χ4v) is 1.86. The maximum Gasteiger partial charge on any atom is 0.405 e. The number of primary amides is 1. The van der Waals surface area contributed by atoms with E-state index in [4.69, 9.17) is 10.5 Å². The number of hydrogen-bond acceptors (Lipinski definition) is 4. The first-order valence-electron chi connectivity index (χ1n) is 9.06. The second kappa shape index (κ2) is 14.2. The van der Waals surface area contributed by atoms with Crippen LogP contribution in [0.25, 0.3) is 0 Å². The molecule has 1 atom stereocenters. The van der Waals surface area contributed by atoms with Crippen molar-refractivity contribution in [3.05, 3.63) is 35.9 Å². The Morgan fingerprint density at radius 3 is 1.81 bits per heavy atom. The number of hydrogen-bond donors (Lipinski definition) is 1. The van der Waals surface area contributed by atoms with Crippen molar-refractivity contribution in [1.82, 2.24) is 0 Å². The Morgan fingerprint density at radius 1 is 1.08 bits per heavy atom. The highest BCUT2D eigenvalue weighted by molar-refractivity contribution is 5.69. The minimum Gasteiger partial charge on any atom is -0.463 e. The molecule has 1 unspecified atom stereocenters. The van der Waals surface area contributed by atoms with E-state index in [0.29, 0.717) is 12.3 Å². The molecule has 0 aliphatic carbocycles. The van der Waals surface area contributed by atoms with Crippen LogP contribution in [0, 0.1) is 12.8 Å². The maximum absolute atomic E-state index is 10.8. The van der Waals surface area contributed by atoms with Gasteiger partial charge in [-0.05, 0) is 47.0 Å². The quantitative estimate of drug-likeness (QED) is 0.737. The molecular weight excluding hydrogens is 330 g/mol. The normalized spacial score (nSPS) is 11.3. The number of aryl methyl sites for hydroxylation is 1. The highest BCUT2D eigenvalue weighted by atomic mass is 16.6. The van der Waals surface area contributed by atoms with Gasteiger partial charge in [-0.3, -0.25) is 4.79 Å². The largest absolute Gasteiger partial charge is 0.463 e. The summed E-state index contributed by atoms with van der Waals surface area (Å²) in [5, 5.41) is 0. The molecule has 150 valence electrons. The molecule has 0 fully saturated rings. The number of amides is 1. The molecule has 0 aromatic heterocycles. The first-order valence-corrected chi connectivity index (χ1v) is 9.06. The zero-order chi connectivity index (χ0) is 20.8. The van der Waals surface area contributed by atoms with Crippen molar-refractivity contribution in [2.24, 2.45) is 11.7 Å². The SMILES string of the molecule is CC(C)(C)OC(N)=O.CCC(=O)OC(C)CC(C)C.Cc1ccccc1. The van der Waals surface area contributed by atoms with Gasteiger partial charge in [0.2, 0.25) is 0 Å². The number of benzene rings is 1. The number of ether oxygens (including phenoxy) is 2. The molecule has 26 heavy (non-hydrogen) atoms. The Balaban J connectivity index is 0. The van der Waals surface area contributed by atoms with Crippen molar-refractivity contribution in [2.75, 3.05) is 0 Å². The molecule has 0 heterocycles. The third kappa shape index (κ3) is 22.0. The molecule has 0 saturated carbocycles. The number of esters is 1. The van der Waals surface area contributed by atoms with Gasteiger partial charge in [0.1, 0.15) is 5.60 Å². The van der Waals surface area contributed by atoms with Crippen LogP contribution >= 0.6 is 0 Å². The first kappa shape index (κ1) is 26.2. The van der Waals surface area contributed by atoms with Crippen molar-refractivity contribution in [3.63, 3.8) is 0 Å². The third-order valence-corrected chi connectivity index (χ3v) is 2.77. The summed E-state index contributed by atoms with van der Waals surface area (Å²) in [6.07, 6.45) is 0.772. The molecule has 1 amide bonds. The molecule has 1 aromatic carbocycles. The van der Waals surface area contributed by atoms with Crippen LogP contribution in [-0.4, -0.2) is 23.8 Å². The minimum absolute atomic E-state index is 0.0717. The van der Waals surface area contributed by atoms with Crippen molar-refractivity contribution >= 4 is 12.1 Å². The molecule has 5 nitrogen and oxygen atoms in total. The number of rotatable bonds is 4. The van der Waals surface area contributed by atoms with E-state index in [0.717, 1.165) is 6.42 Å².